The molecular weight excluding hydrogens is 424 g/mol. The minimum atomic E-state index is -0.929. The second-order valence-electron chi connectivity index (χ2n) is 9.40. The first kappa shape index (κ1) is 35.7. The first-order valence-corrected chi connectivity index (χ1v) is 14.5. The van der Waals surface area contributed by atoms with Crippen LogP contribution in [0.3, 0.4) is 0 Å². The number of ether oxygens (including phenoxy) is 4. The van der Waals surface area contributed by atoms with Gasteiger partial charge in [-0.2, -0.15) is 0 Å². The Kier molecular flexibility index (Phi) is 30.3. The van der Waals surface area contributed by atoms with Gasteiger partial charge in [-0.15, -0.1) is 6.58 Å². The highest BCUT2D eigenvalue weighted by Gasteiger charge is 2.39. The second-order valence-corrected chi connectivity index (χ2v) is 9.40. The Labute approximate surface area is 214 Å². The number of rotatable bonds is 25. The van der Waals surface area contributed by atoms with E-state index in [0.29, 0.717) is 0 Å². The van der Waals surface area contributed by atoms with Gasteiger partial charge in [-0.1, -0.05) is 110 Å². The van der Waals surface area contributed by atoms with Crippen LogP contribution in [0, 0.1) is 5.92 Å². The zero-order valence-corrected chi connectivity index (χ0v) is 24.1. The van der Waals surface area contributed by atoms with E-state index in [1.165, 1.54) is 89.9 Å². The molecule has 0 heterocycles. The van der Waals surface area contributed by atoms with Crippen LogP contribution >= 0.6 is 0 Å². The molecule has 0 aliphatic rings. The first-order valence-electron chi connectivity index (χ1n) is 14.5. The molecule has 0 aliphatic heterocycles. The normalized spacial score (nSPS) is 12.3. The molecule has 0 amide bonds. The molecule has 4 heteroatoms. The van der Waals surface area contributed by atoms with E-state index in [9.17, 15) is 0 Å². The average Bonchev–Trinajstić information content (AvgIpc) is 2.87. The van der Waals surface area contributed by atoms with Crippen molar-refractivity contribution in [1.82, 2.24) is 0 Å². The van der Waals surface area contributed by atoms with E-state index in [1.807, 2.05) is 6.08 Å². The van der Waals surface area contributed by atoms with Crippen LogP contribution in [-0.4, -0.2) is 40.5 Å². The van der Waals surface area contributed by atoms with E-state index in [1.54, 1.807) is 21.3 Å². The average molecular weight is 487 g/mol. The molecule has 0 radical (unpaired) electrons. The molecule has 0 aromatic carbocycles. The van der Waals surface area contributed by atoms with E-state index >= 15 is 0 Å². The highest BCUT2D eigenvalue weighted by Crippen LogP contribution is 2.32. The van der Waals surface area contributed by atoms with E-state index in [4.69, 9.17) is 18.9 Å². The minimum Gasteiger partial charge on any atom is -0.381 e. The lowest BCUT2D eigenvalue weighted by Crippen LogP contribution is -2.44. The summed E-state index contributed by atoms with van der Waals surface area (Å²) < 4.78 is 22.9. The van der Waals surface area contributed by atoms with Gasteiger partial charge in [0.1, 0.15) is 0 Å². The Morgan fingerprint density at radius 1 is 0.588 bits per heavy atom. The number of hydrogen-bond acceptors (Lipinski definition) is 4. The van der Waals surface area contributed by atoms with Crippen molar-refractivity contribution in [2.24, 2.45) is 5.92 Å². The number of hydrogen-bond donors (Lipinski definition) is 0. The summed E-state index contributed by atoms with van der Waals surface area (Å²) in [5.74, 6) is -0.698. The zero-order valence-electron chi connectivity index (χ0n) is 24.1. The van der Waals surface area contributed by atoms with Gasteiger partial charge in [0.2, 0.25) is 0 Å². The summed E-state index contributed by atoms with van der Waals surface area (Å²) in [6, 6.07) is 0. The van der Waals surface area contributed by atoms with Gasteiger partial charge < -0.3 is 18.9 Å². The van der Waals surface area contributed by atoms with Crippen molar-refractivity contribution < 1.29 is 18.9 Å². The van der Waals surface area contributed by atoms with E-state index in [0.717, 1.165) is 38.9 Å². The van der Waals surface area contributed by atoms with E-state index in [2.05, 4.69) is 27.4 Å². The van der Waals surface area contributed by atoms with Gasteiger partial charge in [0.25, 0.3) is 5.97 Å². The second kappa shape index (κ2) is 28.8. The third-order valence-electron chi connectivity index (χ3n) is 6.53. The molecule has 0 N–H and O–H groups in total. The summed E-state index contributed by atoms with van der Waals surface area (Å²) in [7, 11) is 5.04. The Balaban J connectivity index is 0. The monoisotopic (exact) mass is 486 g/mol. The van der Waals surface area contributed by atoms with Crippen LogP contribution in [0.5, 0.6) is 0 Å². The van der Waals surface area contributed by atoms with Crippen molar-refractivity contribution in [3.8, 4) is 0 Å². The predicted octanol–water partition coefficient (Wildman–Crippen LogP) is 9.47. The van der Waals surface area contributed by atoms with Gasteiger partial charge in [-0.05, 0) is 32.1 Å². The molecule has 0 aromatic rings. The Morgan fingerprint density at radius 3 is 1.41 bits per heavy atom. The number of unbranched alkanes of at least 4 members (excludes halogenated alkanes) is 12. The van der Waals surface area contributed by atoms with Crippen molar-refractivity contribution >= 4 is 0 Å². The third-order valence-corrected chi connectivity index (χ3v) is 6.53. The molecular formula is C30H62O4. The minimum absolute atomic E-state index is 0.232. The smallest absolute Gasteiger partial charge is 0.285 e. The van der Waals surface area contributed by atoms with Gasteiger partial charge >= 0.3 is 0 Å². The van der Waals surface area contributed by atoms with Crippen molar-refractivity contribution in [3.05, 3.63) is 12.7 Å². The Bertz CT molecular complexity index is 374. The van der Waals surface area contributed by atoms with Crippen LogP contribution in [0.2, 0.25) is 0 Å². The van der Waals surface area contributed by atoms with Crippen LogP contribution < -0.4 is 0 Å². The molecule has 0 saturated carbocycles. The summed E-state index contributed by atoms with van der Waals surface area (Å²) in [5.41, 5.74) is 0. The van der Waals surface area contributed by atoms with Crippen molar-refractivity contribution in [2.75, 3.05) is 34.5 Å². The van der Waals surface area contributed by atoms with Gasteiger partial charge in [-0.3, -0.25) is 0 Å². The van der Waals surface area contributed by atoms with Crippen LogP contribution in [-0.2, 0) is 18.9 Å². The van der Waals surface area contributed by atoms with Gasteiger partial charge in [0.05, 0.1) is 0 Å². The van der Waals surface area contributed by atoms with Gasteiger partial charge in [0.15, 0.2) is 0 Å². The lowest BCUT2D eigenvalue weighted by molar-refractivity contribution is -0.380. The Hall–Kier alpha value is -0.420. The van der Waals surface area contributed by atoms with Crippen LogP contribution in [0.15, 0.2) is 12.7 Å². The molecule has 4 nitrogen and oxygen atoms in total. The summed E-state index contributed by atoms with van der Waals surface area (Å²) in [6.07, 6.45) is 24.6. The molecule has 0 aromatic heterocycles. The van der Waals surface area contributed by atoms with E-state index < -0.39 is 5.97 Å². The maximum absolute atomic E-state index is 5.89. The summed E-state index contributed by atoms with van der Waals surface area (Å²) in [4.78, 5) is 0. The van der Waals surface area contributed by atoms with Crippen molar-refractivity contribution in [3.63, 3.8) is 0 Å². The lowest BCUT2D eigenvalue weighted by atomic mass is 9.93. The standard InChI is InChI=1S/C26H54O4.C4H8/c1-6-8-10-12-14-15-17-19-23-30-24-20-22-25(26(27-3,28-4)29-5)21-18-16-13-11-9-7-2;1-3-4-2/h25H,6-24H2,1-5H3;3H,1,4H2,2H3. The largest absolute Gasteiger partial charge is 0.381 e. The topological polar surface area (TPSA) is 36.9 Å². The van der Waals surface area contributed by atoms with Gasteiger partial charge in [-0.25, -0.2) is 0 Å². The molecule has 0 bridgehead atoms. The molecule has 0 fully saturated rings. The quantitative estimate of drug-likeness (QED) is 0.0731. The Morgan fingerprint density at radius 2 is 0.971 bits per heavy atom. The predicted molar refractivity (Wildman–Crippen MR) is 148 cm³/mol. The molecule has 0 saturated heterocycles. The molecule has 0 aliphatic carbocycles. The van der Waals surface area contributed by atoms with E-state index in [-0.39, 0.29) is 5.92 Å². The summed E-state index contributed by atoms with van der Waals surface area (Å²) >= 11 is 0. The fourth-order valence-electron chi connectivity index (χ4n) is 4.29. The van der Waals surface area contributed by atoms with Crippen LogP contribution in [0.1, 0.15) is 136 Å². The van der Waals surface area contributed by atoms with Crippen molar-refractivity contribution in [1.29, 1.82) is 0 Å². The molecule has 34 heavy (non-hydrogen) atoms. The first-order chi connectivity index (χ1) is 16.6. The SMILES string of the molecule is C=CCC.CCCCCCCCCCOCCCC(CCCCCCCC)C(OC)(OC)OC. The zero-order chi connectivity index (χ0) is 25.8. The lowest BCUT2D eigenvalue weighted by Gasteiger charge is -2.36. The van der Waals surface area contributed by atoms with Crippen LogP contribution in [0.4, 0.5) is 0 Å². The molecule has 206 valence electrons. The summed E-state index contributed by atoms with van der Waals surface area (Å²) in [5, 5.41) is 0. The fraction of sp³-hybridized carbons (Fsp3) is 0.933. The van der Waals surface area contributed by atoms with Crippen molar-refractivity contribution in [2.45, 2.75) is 142 Å². The van der Waals surface area contributed by atoms with Crippen LogP contribution in [0.25, 0.3) is 0 Å². The molecule has 0 spiro atoms. The highest BCUT2D eigenvalue weighted by molar-refractivity contribution is 4.71. The fourth-order valence-corrected chi connectivity index (χ4v) is 4.29. The molecule has 1 unspecified atom stereocenters. The third kappa shape index (κ3) is 20.9. The maximum atomic E-state index is 5.89. The number of methoxy groups -OCH3 is 3. The summed E-state index contributed by atoms with van der Waals surface area (Å²) in [6.45, 7) is 11.8. The molecule has 0 rings (SSSR count). The maximum Gasteiger partial charge on any atom is 0.285 e. The highest BCUT2D eigenvalue weighted by atomic mass is 16.9. The van der Waals surface area contributed by atoms with Gasteiger partial charge in [0, 0.05) is 40.5 Å². The number of allylic oxidation sites excluding steroid dienone is 1. The molecule has 1 atom stereocenters.